The predicted molar refractivity (Wildman–Crippen MR) is 200 cm³/mol. The summed E-state index contributed by atoms with van der Waals surface area (Å²) in [6.07, 6.45) is 1.87. The minimum Gasteiger partial charge on any atom is -0.457 e. The van der Waals surface area contributed by atoms with Gasteiger partial charge in [-0.15, -0.1) is 0 Å². The second kappa shape index (κ2) is 11.5. The minimum absolute atomic E-state index is 0.0789. The topological polar surface area (TPSA) is 44.9 Å². The molecule has 0 fully saturated rings. The lowest BCUT2D eigenvalue weighted by atomic mass is 9.75. The van der Waals surface area contributed by atoms with Gasteiger partial charge in [-0.1, -0.05) is 45.0 Å². The molecule has 242 valence electrons. The Morgan fingerprint density at radius 1 is 0.625 bits per heavy atom. The van der Waals surface area contributed by atoms with Crippen LogP contribution in [0.1, 0.15) is 65.5 Å². The zero-order chi connectivity index (χ0) is 34.1. The summed E-state index contributed by atoms with van der Waals surface area (Å²) in [6.45, 7) is 22.4. The highest BCUT2D eigenvalue weighted by Crippen LogP contribution is 2.42. The number of para-hydroxylation sites is 1. The summed E-state index contributed by atoms with van der Waals surface area (Å²) in [7, 11) is 0. The molecule has 5 nitrogen and oxygen atoms in total. The highest BCUT2D eigenvalue weighted by molar-refractivity contribution is 6.09. The smallest absolute Gasteiger partial charge is 0.137 e. The lowest BCUT2D eigenvalue weighted by Crippen LogP contribution is -2.17. The van der Waals surface area contributed by atoms with E-state index in [1.54, 1.807) is 0 Å². The first-order chi connectivity index (χ1) is 22.8. The zero-order valence-corrected chi connectivity index (χ0v) is 29.8. The maximum absolute atomic E-state index is 6.56. The van der Waals surface area contributed by atoms with E-state index in [4.69, 9.17) is 14.8 Å². The molecule has 3 aromatic heterocycles. The summed E-state index contributed by atoms with van der Waals surface area (Å²) in [6, 6.07) is 27.2. The van der Waals surface area contributed by atoms with E-state index in [1.165, 1.54) is 49.9 Å². The van der Waals surface area contributed by atoms with Gasteiger partial charge in [-0.05, 0) is 135 Å². The normalized spacial score (nSPS) is 12.0. The fraction of sp³-hybridized carbons (Fsp3) is 0.256. The molecule has 5 heteroatoms. The number of aromatic nitrogens is 4. The molecular weight excluding hydrogens is 589 g/mol. The van der Waals surface area contributed by atoms with Gasteiger partial charge in [0, 0.05) is 40.4 Å². The fourth-order valence-electron chi connectivity index (χ4n) is 7.79. The van der Waals surface area contributed by atoms with Crippen LogP contribution in [-0.2, 0) is 5.41 Å². The van der Waals surface area contributed by atoms with Crippen LogP contribution >= 0.6 is 0 Å². The van der Waals surface area contributed by atoms with E-state index < -0.39 is 0 Å². The molecule has 0 bridgehead atoms. The lowest BCUT2D eigenvalue weighted by Gasteiger charge is -2.29. The number of hydrogen-bond acceptors (Lipinski definition) is 3. The van der Waals surface area contributed by atoms with Crippen molar-refractivity contribution in [2.75, 3.05) is 0 Å². The molecule has 48 heavy (non-hydrogen) atoms. The standard InChI is InChI=1S/C43H44N4O/c1-25-20-21-44-39(22-25)46-37-17-12-11-16-35(37)36-19-18-34(24-38(36)46)48-33-15-13-14-32(23-33)47-31(7)41(30(6)45-47)40-26(2)28(4)42(43(8,9)10)29(5)27(40)3/h11-24H,1-10H3. The molecule has 0 saturated heterocycles. The van der Waals surface area contributed by atoms with E-state index in [9.17, 15) is 0 Å². The molecule has 0 radical (unpaired) electrons. The van der Waals surface area contributed by atoms with Crippen molar-refractivity contribution in [2.24, 2.45) is 0 Å². The minimum atomic E-state index is 0.0789. The first-order valence-corrected chi connectivity index (χ1v) is 16.8. The Morgan fingerprint density at radius 3 is 2.02 bits per heavy atom. The summed E-state index contributed by atoms with van der Waals surface area (Å²) in [5.41, 5.74) is 15.9. The van der Waals surface area contributed by atoms with Crippen molar-refractivity contribution in [3.8, 4) is 34.1 Å². The average Bonchev–Trinajstić information content (AvgIpc) is 3.53. The maximum atomic E-state index is 6.56. The van der Waals surface area contributed by atoms with Crippen LogP contribution in [0.5, 0.6) is 11.5 Å². The van der Waals surface area contributed by atoms with Crippen LogP contribution in [-0.4, -0.2) is 19.3 Å². The molecule has 3 heterocycles. The molecule has 7 aromatic rings. The number of rotatable bonds is 5. The molecule has 7 rings (SSSR count). The van der Waals surface area contributed by atoms with Gasteiger partial charge in [-0.2, -0.15) is 5.10 Å². The maximum Gasteiger partial charge on any atom is 0.137 e. The average molecular weight is 633 g/mol. The number of benzene rings is 4. The van der Waals surface area contributed by atoms with E-state index in [0.717, 1.165) is 50.8 Å². The molecule has 0 amide bonds. The van der Waals surface area contributed by atoms with Crippen LogP contribution in [0.2, 0.25) is 0 Å². The van der Waals surface area contributed by atoms with Gasteiger partial charge in [0.25, 0.3) is 0 Å². The third-order valence-corrected chi connectivity index (χ3v) is 9.99. The van der Waals surface area contributed by atoms with Gasteiger partial charge in [-0.3, -0.25) is 4.57 Å². The predicted octanol–water partition coefficient (Wildman–Crippen LogP) is 11.3. The third-order valence-electron chi connectivity index (χ3n) is 9.99. The molecule has 0 spiro atoms. The van der Waals surface area contributed by atoms with Gasteiger partial charge in [0.05, 0.1) is 22.4 Å². The van der Waals surface area contributed by atoms with Crippen LogP contribution in [0.4, 0.5) is 0 Å². The Bertz CT molecular complexity index is 2350. The molecule has 0 N–H and O–H groups in total. The zero-order valence-electron chi connectivity index (χ0n) is 29.8. The fourth-order valence-corrected chi connectivity index (χ4v) is 7.79. The van der Waals surface area contributed by atoms with Gasteiger partial charge in [0.2, 0.25) is 0 Å². The summed E-state index contributed by atoms with van der Waals surface area (Å²) < 4.78 is 10.8. The molecule has 0 aliphatic carbocycles. The molecule has 0 aliphatic rings. The van der Waals surface area contributed by atoms with Gasteiger partial charge in [0.1, 0.15) is 17.3 Å². The van der Waals surface area contributed by atoms with Crippen molar-refractivity contribution in [3.63, 3.8) is 0 Å². The lowest BCUT2D eigenvalue weighted by molar-refractivity contribution is 0.482. The third kappa shape index (κ3) is 5.09. The number of ether oxygens (including phenoxy) is 1. The van der Waals surface area contributed by atoms with Crippen molar-refractivity contribution in [1.29, 1.82) is 0 Å². The summed E-state index contributed by atoms with van der Waals surface area (Å²) in [4.78, 5) is 4.73. The van der Waals surface area contributed by atoms with Crippen molar-refractivity contribution in [3.05, 3.63) is 130 Å². The van der Waals surface area contributed by atoms with Crippen LogP contribution in [0.3, 0.4) is 0 Å². The Labute approximate surface area is 283 Å². The van der Waals surface area contributed by atoms with Crippen molar-refractivity contribution >= 4 is 21.8 Å². The Hall–Kier alpha value is -5.16. The van der Waals surface area contributed by atoms with Crippen molar-refractivity contribution in [2.45, 2.75) is 74.7 Å². The number of fused-ring (bicyclic) bond motifs is 3. The summed E-state index contributed by atoms with van der Waals surface area (Å²) in [5, 5.41) is 7.44. The van der Waals surface area contributed by atoms with Crippen LogP contribution < -0.4 is 4.74 Å². The van der Waals surface area contributed by atoms with E-state index in [-0.39, 0.29) is 5.41 Å². The number of hydrogen-bond donors (Lipinski definition) is 0. The van der Waals surface area contributed by atoms with Gasteiger partial charge in [0.15, 0.2) is 0 Å². The highest BCUT2D eigenvalue weighted by Gasteiger charge is 2.27. The quantitative estimate of drug-likeness (QED) is 0.190. The van der Waals surface area contributed by atoms with Gasteiger partial charge < -0.3 is 4.74 Å². The Morgan fingerprint density at radius 2 is 1.31 bits per heavy atom. The molecule has 0 saturated carbocycles. The van der Waals surface area contributed by atoms with Crippen LogP contribution in [0, 0.1) is 48.5 Å². The first kappa shape index (κ1) is 31.4. The molecule has 0 atom stereocenters. The van der Waals surface area contributed by atoms with Gasteiger partial charge >= 0.3 is 0 Å². The van der Waals surface area contributed by atoms with E-state index in [1.807, 2.05) is 30.5 Å². The number of pyridine rings is 1. The highest BCUT2D eigenvalue weighted by atomic mass is 16.5. The molecular formula is C43H44N4O. The number of nitrogens with zero attached hydrogens (tertiary/aromatic N) is 4. The second-order valence-corrected chi connectivity index (χ2v) is 14.3. The summed E-state index contributed by atoms with van der Waals surface area (Å²) >= 11 is 0. The Kier molecular flexibility index (Phi) is 7.54. The van der Waals surface area contributed by atoms with Crippen LogP contribution in [0.15, 0.2) is 85.1 Å². The van der Waals surface area contributed by atoms with E-state index >= 15 is 0 Å². The van der Waals surface area contributed by atoms with Crippen molar-refractivity contribution in [1.82, 2.24) is 19.3 Å². The SMILES string of the molecule is Cc1ccnc(-n2c3ccccc3c3ccc(Oc4cccc(-n5nc(C)c(-c6c(C)c(C)c(C(C)(C)C)c(C)c6C)c5C)c4)cc32)c1. The molecule has 0 aliphatic heterocycles. The Balaban J connectivity index is 1.29. The molecule has 4 aromatic carbocycles. The molecule has 0 unspecified atom stereocenters. The van der Waals surface area contributed by atoms with E-state index in [2.05, 4.69) is 133 Å². The first-order valence-electron chi connectivity index (χ1n) is 16.8. The second-order valence-electron chi connectivity index (χ2n) is 14.3. The van der Waals surface area contributed by atoms with Gasteiger partial charge in [-0.25, -0.2) is 9.67 Å². The van der Waals surface area contributed by atoms with Crippen molar-refractivity contribution < 1.29 is 4.74 Å². The van der Waals surface area contributed by atoms with Crippen LogP contribution in [0.25, 0.3) is 44.4 Å². The number of aryl methyl sites for hydroxylation is 2. The van der Waals surface area contributed by atoms with E-state index in [0.29, 0.717) is 0 Å². The monoisotopic (exact) mass is 632 g/mol. The summed E-state index contributed by atoms with van der Waals surface area (Å²) in [5.74, 6) is 2.41. The largest absolute Gasteiger partial charge is 0.457 e.